The molecule has 0 bridgehead atoms. The fraction of sp³-hybridized carbons (Fsp3) is 0.345. The molecule has 0 radical (unpaired) electrons. The number of benzene rings is 6. The molecular weight excluding hydrogens is 935 g/mol. The van der Waals surface area contributed by atoms with Gasteiger partial charge in [-0.3, -0.25) is 9.59 Å². The molecule has 10 rings (SSSR count). The van der Waals surface area contributed by atoms with E-state index < -0.39 is 72.3 Å². The molecule has 6 aromatic rings. The Kier molecular flexibility index (Phi) is 15.2. The normalized spacial score (nSPS) is 24.7. The zero-order valence-corrected chi connectivity index (χ0v) is 40.9. The summed E-state index contributed by atoms with van der Waals surface area (Å²) in [7, 11) is 4.59. The Bertz CT molecular complexity index is 2790. The van der Waals surface area contributed by atoms with Gasteiger partial charge in [0.1, 0.15) is 24.4 Å². The highest BCUT2D eigenvalue weighted by Crippen LogP contribution is 2.56. The van der Waals surface area contributed by atoms with Crippen LogP contribution in [0.2, 0.25) is 0 Å². The van der Waals surface area contributed by atoms with E-state index in [-0.39, 0.29) is 46.4 Å². The number of amides is 1. The van der Waals surface area contributed by atoms with Gasteiger partial charge in [0.15, 0.2) is 23.0 Å². The molecule has 0 unspecified atom stereocenters. The summed E-state index contributed by atoms with van der Waals surface area (Å²) in [5.41, 5.74) is 5.61. The zero-order valence-electron chi connectivity index (χ0n) is 40.9. The first-order valence-corrected chi connectivity index (χ1v) is 24.4. The van der Waals surface area contributed by atoms with E-state index in [9.17, 15) is 9.90 Å². The van der Waals surface area contributed by atoms with Gasteiger partial charge in [0.05, 0.1) is 79.4 Å². The molecule has 3 heterocycles. The highest BCUT2D eigenvalue weighted by molar-refractivity contribution is 5.81. The monoisotopic (exact) mass is 993 g/mol. The molecule has 3 aliphatic heterocycles. The van der Waals surface area contributed by atoms with Crippen molar-refractivity contribution in [1.29, 1.82) is 0 Å². The van der Waals surface area contributed by atoms with E-state index in [1.807, 2.05) is 146 Å². The molecule has 0 saturated carbocycles. The van der Waals surface area contributed by atoms with Crippen LogP contribution in [0.3, 0.4) is 0 Å². The molecule has 380 valence electrons. The van der Waals surface area contributed by atoms with Gasteiger partial charge in [0, 0.05) is 11.8 Å². The highest BCUT2D eigenvalue weighted by atomic mass is 16.7. The van der Waals surface area contributed by atoms with E-state index in [0.29, 0.717) is 45.4 Å². The molecule has 15 nitrogen and oxygen atoms in total. The largest absolute Gasteiger partial charge is 0.493 e. The van der Waals surface area contributed by atoms with Crippen molar-refractivity contribution >= 4 is 11.9 Å². The molecule has 2 fully saturated rings. The number of rotatable bonds is 20. The number of esters is 1. The van der Waals surface area contributed by atoms with Gasteiger partial charge in [-0.1, -0.05) is 121 Å². The van der Waals surface area contributed by atoms with Crippen molar-refractivity contribution in [3.63, 3.8) is 0 Å². The molecule has 2 N–H and O–H groups in total. The van der Waals surface area contributed by atoms with Gasteiger partial charge in [-0.05, 0) is 63.2 Å². The van der Waals surface area contributed by atoms with Crippen molar-refractivity contribution in [2.75, 3.05) is 41.3 Å². The fourth-order valence-electron chi connectivity index (χ4n) is 10.6. The molecule has 15 heteroatoms. The maximum atomic E-state index is 15.2. The molecule has 1 amide bonds. The summed E-state index contributed by atoms with van der Waals surface area (Å²) in [4.78, 5) is 29.2. The Balaban J connectivity index is 1.02. The lowest BCUT2D eigenvalue weighted by molar-refractivity contribution is -0.369. The molecular formula is C58H59NO14. The van der Waals surface area contributed by atoms with Gasteiger partial charge < -0.3 is 62.5 Å². The Morgan fingerprint density at radius 2 is 1.16 bits per heavy atom. The molecule has 73 heavy (non-hydrogen) atoms. The topological polar surface area (TPSA) is 168 Å². The molecule has 4 aliphatic rings. The number of carbonyl (C=O) groups excluding carboxylic acids is 2. The molecule has 6 aromatic carbocycles. The van der Waals surface area contributed by atoms with Crippen LogP contribution in [0.1, 0.15) is 57.3 Å². The summed E-state index contributed by atoms with van der Waals surface area (Å²) in [6.07, 6.45) is -4.76. The lowest BCUT2D eigenvalue weighted by Gasteiger charge is -2.50. The van der Waals surface area contributed by atoms with Crippen molar-refractivity contribution in [3.05, 3.63) is 185 Å². The smallest absolute Gasteiger partial charge is 0.310 e. The minimum absolute atomic E-state index is 0.00347. The molecule has 1 aliphatic carbocycles. The van der Waals surface area contributed by atoms with E-state index in [4.69, 9.17) is 52.1 Å². The lowest BCUT2D eigenvalue weighted by atomic mass is 9.65. The lowest BCUT2D eigenvalue weighted by Crippen LogP contribution is -2.68. The minimum atomic E-state index is -2.33. The van der Waals surface area contributed by atoms with Crippen molar-refractivity contribution in [1.82, 2.24) is 5.32 Å². The van der Waals surface area contributed by atoms with E-state index in [2.05, 4.69) is 5.32 Å². The number of methoxy groups -OCH3 is 3. The zero-order chi connectivity index (χ0) is 50.3. The number of carbonyl (C=O) groups is 2. The van der Waals surface area contributed by atoms with Gasteiger partial charge in [-0.25, -0.2) is 0 Å². The second-order valence-electron chi connectivity index (χ2n) is 18.6. The maximum absolute atomic E-state index is 15.2. The van der Waals surface area contributed by atoms with Crippen LogP contribution in [0.4, 0.5) is 0 Å². The summed E-state index contributed by atoms with van der Waals surface area (Å²) >= 11 is 0. The standard InChI is InChI=1S/C58H59NO14/c1-63-46-24-40(25-47(64-2)53(46)65-3)50-41-26-44-45(72-35-71-44)27-42(41)52(43-33-70-57(61)51(43)50)59-49(60)28-58(62)56(69-32-39-22-14-7-15-23-39)55(68-31-38-20-12-6-13-21-38)54(67-30-37-18-10-5-11-19-37)48(73-58)34-66-29-36-16-8-4-9-17-36/h4-27,43,48,50-52,54-56,62H,28-35H2,1-3H3,(H,59,60)/t43-,48+,50+,51-,52+,54+,55-,56+,58-/m0/s1. The average Bonchev–Trinajstić information content (AvgIpc) is 4.05. The van der Waals surface area contributed by atoms with Crippen molar-refractivity contribution in [2.24, 2.45) is 11.8 Å². The summed E-state index contributed by atoms with van der Waals surface area (Å²) in [6.45, 7) is 0.550. The van der Waals surface area contributed by atoms with E-state index in [1.165, 1.54) is 21.3 Å². The third kappa shape index (κ3) is 10.7. The van der Waals surface area contributed by atoms with Crippen molar-refractivity contribution < 1.29 is 66.8 Å². The van der Waals surface area contributed by atoms with Crippen LogP contribution in [0.15, 0.2) is 146 Å². The SMILES string of the molecule is COc1cc([C@@H]2c3cc4c(cc3[C@@H](NC(=O)C[C@]3(O)O[C@H](COCc5ccccc5)[C@@H](OCc5ccccc5)[C@H](OCc5ccccc5)[C@H]3OCc3ccccc3)[C@H]3COC(=O)[C@H]23)OCO4)cc(OC)c1OC. The Morgan fingerprint density at radius 1 is 0.644 bits per heavy atom. The van der Waals surface area contributed by atoms with Crippen LogP contribution in [-0.2, 0) is 64.4 Å². The molecule has 9 atom stereocenters. The number of nitrogens with one attached hydrogen (secondary N) is 1. The second-order valence-corrected chi connectivity index (χ2v) is 18.6. The number of cyclic esters (lactones) is 1. The Morgan fingerprint density at radius 3 is 1.71 bits per heavy atom. The molecule has 0 aromatic heterocycles. The van der Waals surface area contributed by atoms with Gasteiger partial charge in [-0.2, -0.15) is 0 Å². The number of aliphatic hydroxyl groups is 1. The fourth-order valence-corrected chi connectivity index (χ4v) is 10.6. The summed E-state index contributed by atoms with van der Waals surface area (Å²) in [5.74, 6) is -3.13. The van der Waals surface area contributed by atoms with E-state index in [0.717, 1.165) is 22.3 Å². The third-order valence-electron chi connectivity index (χ3n) is 14.0. The predicted octanol–water partition coefficient (Wildman–Crippen LogP) is 7.98. The van der Waals surface area contributed by atoms with Crippen LogP contribution in [0, 0.1) is 11.8 Å². The van der Waals surface area contributed by atoms with Crippen LogP contribution < -0.4 is 29.0 Å². The second kappa shape index (κ2) is 22.4. The van der Waals surface area contributed by atoms with Crippen LogP contribution >= 0.6 is 0 Å². The average molecular weight is 994 g/mol. The van der Waals surface area contributed by atoms with Gasteiger partial charge in [0.25, 0.3) is 0 Å². The highest BCUT2D eigenvalue weighted by Gasteiger charge is 2.58. The summed E-state index contributed by atoms with van der Waals surface area (Å²) < 4.78 is 68.4. The van der Waals surface area contributed by atoms with Crippen molar-refractivity contribution in [3.8, 4) is 28.7 Å². The van der Waals surface area contributed by atoms with Crippen LogP contribution in [0.5, 0.6) is 28.7 Å². The number of hydrogen-bond donors (Lipinski definition) is 2. The first-order valence-electron chi connectivity index (χ1n) is 24.4. The number of ether oxygens (including phenoxy) is 11. The number of hydrogen-bond acceptors (Lipinski definition) is 14. The quantitative estimate of drug-likeness (QED) is 0.0707. The number of fused-ring (bicyclic) bond motifs is 3. The van der Waals surface area contributed by atoms with E-state index in [1.54, 1.807) is 0 Å². The first-order chi connectivity index (χ1) is 35.7. The Hall–Kier alpha value is -6.98. The molecule has 0 spiro atoms. The van der Waals surface area contributed by atoms with Gasteiger partial charge in [-0.15, -0.1) is 0 Å². The summed E-state index contributed by atoms with van der Waals surface area (Å²) in [6, 6.07) is 45.2. The summed E-state index contributed by atoms with van der Waals surface area (Å²) in [5, 5.41) is 16.5. The van der Waals surface area contributed by atoms with Gasteiger partial charge >= 0.3 is 5.97 Å². The third-order valence-corrected chi connectivity index (χ3v) is 14.0. The predicted molar refractivity (Wildman–Crippen MR) is 265 cm³/mol. The van der Waals surface area contributed by atoms with Crippen LogP contribution in [-0.4, -0.2) is 88.5 Å². The van der Waals surface area contributed by atoms with E-state index >= 15 is 4.79 Å². The maximum Gasteiger partial charge on any atom is 0.310 e. The van der Waals surface area contributed by atoms with Crippen LogP contribution in [0.25, 0.3) is 0 Å². The molecule has 2 saturated heterocycles. The Labute approximate surface area is 424 Å². The first kappa shape index (κ1) is 49.6. The minimum Gasteiger partial charge on any atom is -0.493 e. The van der Waals surface area contributed by atoms with Crippen molar-refractivity contribution in [2.45, 2.75) is 75.0 Å². The van der Waals surface area contributed by atoms with Gasteiger partial charge in [0.2, 0.25) is 24.2 Å².